The molecule has 0 bridgehead atoms. The maximum Gasteiger partial charge on any atom is 0.0843 e. The molecule has 3 rings (SSSR count). The lowest BCUT2D eigenvalue weighted by Gasteiger charge is -2.26. The fourth-order valence-corrected chi connectivity index (χ4v) is 4.55. The van der Waals surface area contributed by atoms with E-state index in [1.807, 2.05) is 0 Å². The number of rotatable bonds is 3. The zero-order valence-corrected chi connectivity index (χ0v) is 14.4. The Bertz CT molecular complexity index is 570. The monoisotopic (exact) mass is 399 g/mol. The van der Waals surface area contributed by atoms with Gasteiger partial charge >= 0.3 is 0 Å². The zero-order valence-electron chi connectivity index (χ0n) is 10.4. The van der Waals surface area contributed by atoms with Gasteiger partial charge in [0.2, 0.25) is 0 Å². The third kappa shape index (κ3) is 2.82. The van der Waals surface area contributed by atoms with E-state index in [0.717, 1.165) is 14.2 Å². The summed E-state index contributed by atoms with van der Waals surface area (Å²) in [7, 11) is 0. The first-order chi connectivity index (χ1) is 9.15. The predicted molar refractivity (Wildman–Crippen MR) is 88.8 cm³/mol. The molecule has 1 aromatic heterocycles. The first kappa shape index (κ1) is 13.8. The molecule has 0 saturated heterocycles. The van der Waals surface area contributed by atoms with Crippen LogP contribution in [0.25, 0.3) is 0 Å². The van der Waals surface area contributed by atoms with Crippen molar-refractivity contribution in [2.75, 3.05) is 0 Å². The molecule has 0 spiro atoms. The Labute approximate surface area is 134 Å². The summed E-state index contributed by atoms with van der Waals surface area (Å²) in [5.41, 5.74) is 9.06. The number of benzene rings is 1. The van der Waals surface area contributed by atoms with Crippen LogP contribution >= 0.6 is 43.2 Å². The third-order valence-corrected chi connectivity index (χ3v) is 7.16. The summed E-state index contributed by atoms with van der Waals surface area (Å²) in [5.74, 6) is 0.758. The highest BCUT2D eigenvalue weighted by molar-refractivity contribution is 9.13. The lowest BCUT2D eigenvalue weighted by Crippen LogP contribution is -2.13. The highest BCUT2D eigenvalue weighted by atomic mass is 79.9. The summed E-state index contributed by atoms with van der Waals surface area (Å²) >= 11 is 8.75. The lowest BCUT2D eigenvalue weighted by atomic mass is 9.79. The minimum absolute atomic E-state index is 0.0346. The molecule has 4 heteroatoms. The Hall–Kier alpha value is -0.160. The highest BCUT2D eigenvalue weighted by Gasteiger charge is 2.21. The summed E-state index contributed by atoms with van der Waals surface area (Å²) in [6.07, 6.45) is 4.02. The highest BCUT2D eigenvalue weighted by Crippen LogP contribution is 2.39. The van der Waals surface area contributed by atoms with E-state index in [9.17, 15) is 0 Å². The van der Waals surface area contributed by atoms with Gasteiger partial charge in [-0.25, -0.2) is 0 Å². The molecule has 1 fully saturated rings. The van der Waals surface area contributed by atoms with Crippen molar-refractivity contribution in [3.63, 3.8) is 0 Å². The summed E-state index contributed by atoms with van der Waals surface area (Å²) in [6.45, 7) is 0. The summed E-state index contributed by atoms with van der Waals surface area (Å²) < 4.78 is 2.19. The Morgan fingerprint density at radius 2 is 2.00 bits per heavy atom. The van der Waals surface area contributed by atoms with Gasteiger partial charge in [0.15, 0.2) is 0 Å². The van der Waals surface area contributed by atoms with Gasteiger partial charge in [-0.1, -0.05) is 30.7 Å². The lowest BCUT2D eigenvalue weighted by molar-refractivity contribution is 0.419. The molecule has 1 unspecified atom stereocenters. The molecular formula is C15H15Br2NS. The third-order valence-electron chi connectivity index (χ3n) is 3.82. The van der Waals surface area contributed by atoms with Gasteiger partial charge in [-0.3, -0.25) is 0 Å². The summed E-state index contributed by atoms with van der Waals surface area (Å²) in [4.78, 5) is 1.18. The molecule has 19 heavy (non-hydrogen) atoms. The second kappa shape index (κ2) is 5.68. The van der Waals surface area contributed by atoms with Crippen LogP contribution in [-0.2, 0) is 0 Å². The maximum absolute atomic E-state index is 6.40. The summed E-state index contributed by atoms with van der Waals surface area (Å²) in [5, 5.41) is 0. The quantitative estimate of drug-likeness (QED) is 0.713. The van der Waals surface area contributed by atoms with Gasteiger partial charge in [0, 0.05) is 9.35 Å². The van der Waals surface area contributed by atoms with Crippen molar-refractivity contribution in [2.45, 2.75) is 31.2 Å². The average molecular weight is 401 g/mol. The van der Waals surface area contributed by atoms with E-state index in [-0.39, 0.29) is 6.04 Å². The van der Waals surface area contributed by atoms with E-state index in [2.05, 4.69) is 62.2 Å². The van der Waals surface area contributed by atoms with Gasteiger partial charge in [-0.05, 0) is 67.8 Å². The number of halogens is 2. The molecule has 1 saturated carbocycles. The van der Waals surface area contributed by atoms with Gasteiger partial charge < -0.3 is 5.73 Å². The van der Waals surface area contributed by atoms with E-state index < -0.39 is 0 Å². The van der Waals surface area contributed by atoms with Crippen molar-refractivity contribution < 1.29 is 0 Å². The fourth-order valence-electron chi connectivity index (χ4n) is 2.43. The fraction of sp³-hybridized carbons (Fsp3) is 0.333. The number of nitrogens with two attached hydrogens (primary N) is 1. The minimum atomic E-state index is -0.0346. The molecular weight excluding hydrogens is 386 g/mol. The van der Waals surface area contributed by atoms with Crippen LogP contribution in [-0.4, -0.2) is 0 Å². The van der Waals surface area contributed by atoms with Gasteiger partial charge in [0.1, 0.15) is 0 Å². The Kier molecular flexibility index (Phi) is 4.13. The van der Waals surface area contributed by atoms with E-state index in [1.165, 1.54) is 35.3 Å². The van der Waals surface area contributed by atoms with Gasteiger partial charge in [-0.2, -0.15) is 0 Å². The molecule has 0 aliphatic heterocycles. The Morgan fingerprint density at radius 1 is 1.21 bits per heavy atom. The minimum Gasteiger partial charge on any atom is -0.320 e. The average Bonchev–Trinajstić information content (AvgIpc) is 2.67. The Morgan fingerprint density at radius 3 is 2.58 bits per heavy atom. The molecule has 1 nitrogen and oxygen atoms in total. The number of hydrogen-bond donors (Lipinski definition) is 1. The van der Waals surface area contributed by atoms with Crippen LogP contribution in [0.4, 0.5) is 0 Å². The second-order valence-corrected chi connectivity index (χ2v) is 8.30. The molecule has 100 valence electrons. The molecule has 0 amide bonds. The molecule has 2 aromatic rings. The maximum atomic E-state index is 6.40. The van der Waals surface area contributed by atoms with E-state index in [1.54, 1.807) is 11.3 Å². The van der Waals surface area contributed by atoms with Gasteiger partial charge in [0.25, 0.3) is 0 Å². The number of hydrogen-bond acceptors (Lipinski definition) is 2. The normalized spacial score (nSPS) is 17.2. The largest absolute Gasteiger partial charge is 0.320 e. The molecule has 1 aliphatic carbocycles. The first-order valence-corrected chi connectivity index (χ1v) is 8.85. The van der Waals surface area contributed by atoms with Crippen molar-refractivity contribution in [1.82, 2.24) is 0 Å². The van der Waals surface area contributed by atoms with E-state index in [0.29, 0.717) is 0 Å². The molecule has 1 aliphatic rings. The van der Waals surface area contributed by atoms with Crippen molar-refractivity contribution in [2.24, 2.45) is 5.73 Å². The Balaban J connectivity index is 1.88. The topological polar surface area (TPSA) is 26.0 Å². The van der Waals surface area contributed by atoms with Crippen LogP contribution < -0.4 is 5.73 Å². The summed E-state index contributed by atoms with van der Waals surface area (Å²) in [6, 6.07) is 10.9. The molecule has 1 aromatic carbocycles. The number of thiophene rings is 1. The van der Waals surface area contributed by atoms with Crippen LogP contribution in [0.1, 0.15) is 47.2 Å². The van der Waals surface area contributed by atoms with Crippen LogP contribution in [0, 0.1) is 0 Å². The smallest absolute Gasteiger partial charge is 0.0843 e. The van der Waals surface area contributed by atoms with Crippen molar-refractivity contribution in [1.29, 1.82) is 0 Å². The van der Waals surface area contributed by atoms with Crippen molar-refractivity contribution in [3.05, 3.63) is 54.6 Å². The zero-order chi connectivity index (χ0) is 13.4. The molecule has 1 atom stereocenters. The van der Waals surface area contributed by atoms with Gasteiger partial charge in [0.05, 0.1) is 9.83 Å². The van der Waals surface area contributed by atoms with Gasteiger partial charge in [-0.15, -0.1) is 11.3 Å². The van der Waals surface area contributed by atoms with E-state index in [4.69, 9.17) is 5.73 Å². The first-order valence-electron chi connectivity index (χ1n) is 6.45. The molecule has 1 heterocycles. The predicted octanol–water partition coefficient (Wildman–Crippen LogP) is 5.59. The van der Waals surface area contributed by atoms with E-state index >= 15 is 0 Å². The SMILES string of the molecule is NC(c1cccc(C2CCC2)c1)c1cc(Br)c(Br)s1. The molecule has 0 radical (unpaired) electrons. The second-order valence-electron chi connectivity index (χ2n) is 5.05. The van der Waals surface area contributed by atoms with Crippen molar-refractivity contribution >= 4 is 43.2 Å². The van der Waals surface area contributed by atoms with Crippen molar-refractivity contribution in [3.8, 4) is 0 Å². The van der Waals surface area contributed by atoms with Crippen LogP contribution in [0.5, 0.6) is 0 Å². The van der Waals surface area contributed by atoms with Crippen LogP contribution in [0.3, 0.4) is 0 Å². The van der Waals surface area contributed by atoms with Crippen LogP contribution in [0.15, 0.2) is 38.6 Å². The molecule has 2 N–H and O–H groups in total. The standard InChI is InChI=1S/C15H15Br2NS/c16-12-8-13(19-15(12)17)14(18)11-6-2-5-10(7-11)9-3-1-4-9/h2,5-9,14H,1,3-4,18H2. The van der Waals surface area contributed by atoms with Crippen LogP contribution in [0.2, 0.25) is 0 Å².